The van der Waals surface area contributed by atoms with E-state index in [1.165, 1.54) is 6.26 Å². The van der Waals surface area contributed by atoms with Gasteiger partial charge in [-0.05, 0) is 91.8 Å². The maximum atomic E-state index is 13.4. The van der Waals surface area contributed by atoms with Crippen molar-refractivity contribution >= 4 is 27.0 Å². The number of carbonyl (C=O) groups excluding carboxylic acids is 1. The summed E-state index contributed by atoms with van der Waals surface area (Å²) in [6.07, 6.45) is 9.76. The molecule has 0 saturated heterocycles. The molecule has 0 aliphatic heterocycles. The molecule has 5 atom stereocenters. The summed E-state index contributed by atoms with van der Waals surface area (Å²) in [5.41, 5.74) is 3.32. The first-order chi connectivity index (χ1) is 20.2. The fourth-order valence-corrected chi connectivity index (χ4v) is 9.17. The number of rotatable bonds is 7. The number of nitrogens with one attached hydrogen (secondary N) is 2. The number of sulfonamides is 1. The van der Waals surface area contributed by atoms with Crippen LogP contribution in [0.5, 0.6) is 0 Å². The normalized spacial score (nSPS) is 26.4. The Bertz CT molecular complexity index is 1820. The van der Waals surface area contributed by atoms with Gasteiger partial charge in [-0.3, -0.25) is 9.59 Å². The second-order valence-electron chi connectivity index (χ2n) is 12.6. The molecule has 3 unspecified atom stereocenters. The highest BCUT2D eigenvalue weighted by atomic mass is 32.2. The molecule has 1 amide bonds. The first-order valence-corrected chi connectivity index (χ1v) is 16.5. The summed E-state index contributed by atoms with van der Waals surface area (Å²) in [4.78, 5) is 31.2. The molecule has 42 heavy (non-hydrogen) atoms. The molecule has 2 aromatic carbocycles. The first kappa shape index (κ1) is 27.0. The Hall–Kier alpha value is -3.82. The topological polar surface area (TPSA) is 110 Å². The largest absolute Gasteiger partial charge is 0.349 e. The summed E-state index contributed by atoms with van der Waals surface area (Å²) in [5, 5.41) is 3.87. The fraction of sp³-hybridized carbons (Fsp3) is 0.364. The summed E-state index contributed by atoms with van der Waals surface area (Å²) in [7, 11) is -3.29. The van der Waals surface area contributed by atoms with Crippen molar-refractivity contribution in [2.24, 2.45) is 17.8 Å². The van der Waals surface area contributed by atoms with Crippen LogP contribution in [-0.4, -0.2) is 41.7 Å². The zero-order valence-electron chi connectivity index (χ0n) is 23.5. The lowest BCUT2D eigenvalue weighted by Gasteiger charge is -2.59. The van der Waals surface area contributed by atoms with E-state index in [0.717, 1.165) is 43.4 Å². The third kappa shape index (κ3) is 5.05. The second-order valence-corrected chi connectivity index (χ2v) is 14.3. The van der Waals surface area contributed by atoms with Gasteiger partial charge in [0.1, 0.15) is 5.65 Å². The first-order valence-electron chi connectivity index (χ1n) is 14.6. The van der Waals surface area contributed by atoms with Crippen molar-refractivity contribution in [3.63, 3.8) is 0 Å². The number of nitrogens with zero attached hydrogens (tertiary/aromatic N) is 2. The molecular weight excluding hydrogens is 548 g/mol. The van der Waals surface area contributed by atoms with E-state index < -0.39 is 10.0 Å². The van der Waals surface area contributed by atoms with Gasteiger partial charge in [-0.1, -0.05) is 30.3 Å². The summed E-state index contributed by atoms with van der Waals surface area (Å²) in [6, 6.07) is 21.0. The molecule has 4 aliphatic carbocycles. The van der Waals surface area contributed by atoms with E-state index in [2.05, 4.69) is 15.0 Å². The third-order valence-electron chi connectivity index (χ3n) is 9.45. The van der Waals surface area contributed by atoms with Gasteiger partial charge in [-0.25, -0.2) is 18.1 Å². The molecule has 9 heteroatoms. The van der Waals surface area contributed by atoms with Gasteiger partial charge >= 0.3 is 0 Å². The number of fused-ring (bicyclic) bond motifs is 1. The molecule has 2 aromatic heterocycles. The molecule has 0 spiro atoms. The molecule has 8 rings (SSSR count). The molecule has 4 aromatic rings. The van der Waals surface area contributed by atoms with E-state index in [0.29, 0.717) is 34.5 Å². The summed E-state index contributed by atoms with van der Waals surface area (Å²) in [5.74, 6) is 0.972. The van der Waals surface area contributed by atoms with Gasteiger partial charge in [0.2, 0.25) is 10.0 Å². The Morgan fingerprint density at radius 1 is 0.976 bits per heavy atom. The second kappa shape index (κ2) is 10.2. The minimum absolute atomic E-state index is 0.0443. The van der Waals surface area contributed by atoms with E-state index in [4.69, 9.17) is 0 Å². The Morgan fingerprint density at radius 2 is 1.69 bits per heavy atom. The fourth-order valence-electron chi connectivity index (χ4n) is 8.13. The highest BCUT2D eigenvalue weighted by Crippen LogP contribution is 2.56. The van der Waals surface area contributed by atoms with Crippen LogP contribution >= 0.6 is 0 Å². The molecule has 4 bridgehead atoms. The number of aromatic nitrogens is 2. The Morgan fingerprint density at radius 3 is 2.38 bits per heavy atom. The Labute approximate surface area is 245 Å². The summed E-state index contributed by atoms with van der Waals surface area (Å²) < 4.78 is 29.0. The lowest BCUT2D eigenvalue weighted by atomic mass is 9.51. The van der Waals surface area contributed by atoms with Gasteiger partial charge in [0, 0.05) is 47.2 Å². The Balaban J connectivity index is 1.09. The van der Waals surface area contributed by atoms with Gasteiger partial charge < -0.3 is 9.88 Å². The zero-order chi connectivity index (χ0) is 29.1. The molecule has 0 radical (unpaired) electrons. The number of pyridine rings is 2. The maximum Gasteiger partial charge on any atom is 0.251 e. The SMILES string of the molecule is CS(=O)(=O)NC12CC3C[C@H](C1)C(NC(=O)c1ccc(Cc4cn(-c5ccccc5)c5ncccc5c4=O)cc1)[C@@H](C3)C2. The van der Waals surface area contributed by atoms with E-state index >= 15 is 0 Å². The molecule has 216 valence electrons. The molecule has 4 fully saturated rings. The average molecular weight is 583 g/mol. The number of hydrogen-bond acceptors (Lipinski definition) is 5. The predicted molar refractivity (Wildman–Crippen MR) is 162 cm³/mol. The van der Waals surface area contributed by atoms with Crippen molar-refractivity contribution in [2.45, 2.75) is 50.1 Å². The molecule has 2 N–H and O–H groups in total. The Kier molecular flexibility index (Phi) is 6.55. The van der Waals surface area contributed by atoms with Crippen molar-refractivity contribution in [1.29, 1.82) is 0 Å². The molecular formula is C33H34N4O4S. The number of para-hydroxylation sites is 1. The van der Waals surface area contributed by atoms with E-state index in [1.54, 1.807) is 12.3 Å². The number of hydrogen-bond donors (Lipinski definition) is 2. The van der Waals surface area contributed by atoms with Gasteiger partial charge in [0.25, 0.3) is 5.91 Å². The van der Waals surface area contributed by atoms with Gasteiger partial charge in [-0.2, -0.15) is 0 Å². The minimum atomic E-state index is -3.29. The highest BCUT2D eigenvalue weighted by molar-refractivity contribution is 7.88. The number of benzene rings is 2. The quantitative estimate of drug-likeness (QED) is 0.339. The van der Waals surface area contributed by atoms with Crippen LogP contribution in [0.1, 0.15) is 53.6 Å². The standard InChI is InChI=1S/C33H34N4O4S/c1-42(40,41)36-33-17-22-15-24(18-33)29(25(16-22)19-33)35-32(39)23-11-9-21(10-12-23)14-26-20-37(27-6-3-2-4-7-27)31-28(30(26)38)8-5-13-34-31/h2-13,20,22,24-25,29,36H,14-19H2,1H3,(H,35,39)/t22?,24-,25+,29?,33?. The van der Waals surface area contributed by atoms with Crippen LogP contribution in [0.3, 0.4) is 0 Å². The molecule has 4 saturated carbocycles. The molecule has 8 nitrogen and oxygen atoms in total. The van der Waals surface area contributed by atoms with Crippen molar-refractivity contribution in [2.75, 3.05) is 6.26 Å². The van der Waals surface area contributed by atoms with Gasteiger partial charge in [0.15, 0.2) is 5.43 Å². The number of carbonyl (C=O) groups is 1. The average Bonchev–Trinajstić information content (AvgIpc) is 2.95. The van der Waals surface area contributed by atoms with E-state index in [1.807, 2.05) is 71.4 Å². The van der Waals surface area contributed by atoms with Crippen molar-refractivity contribution in [1.82, 2.24) is 19.6 Å². The van der Waals surface area contributed by atoms with Crippen LogP contribution < -0.4 is 15.5 Å². The van der Waals surface area contributed by atoms with E-state index in [9.17, 15) is 18.0 Å². The van der Waals surface area contributed by atoms with Crippen molar-refractivity contribution in [3.8, 4) is 5.69 Å². The third-order valence-corrected chi connectivity index (χ3v) is 10.3. The van der Waals surface area contributed by atoms with Crippen LogP contribution in [0.15, 0.2) is 83.9 Å². The zero-order valence-corrected chi connectivity index (χ0v) is 24.3. The van der Waals surface area contributed by atoms with Crippen molar-refractivity contribution < 1.29 is 13.2 Å². The predicted octanol–water partition coefficient (Wildman–Crippen LogP) is 4.20. The van der Waals surface area contributed by atoms with Crippen LogP contribution in [0, 0.1) is 17.8 Å². The van der Waals surface area contributed by atoms with Crippen LogP contribution in [-0.2, 0) is 16.4 Å². The minimum Gasteiger partial charge on any atom is -0.349 e. The smallest absolute Gasteiger partial charge is 0.251 e. The highest BCUT2D eigenvalue weighted by Gasteiger charge is 2.56. The molecule has 4 aliphatic rings. The monoisotopic (exact) mass is 582 g/mol. The van der Waals surface area contributed by atoms with Crippen LogP contribution in [0.2, 0.25) is 0 Å². The maximum absolute atomic E-state index is 13.4. The lowest BCUT2D eigenvalue weighted by molar-refractivity contribution is -0.0347. The number of amides is 1. The van der Waals surface area contributed by atoms with Crippen molar-refractivity contribution in [3.05, 3.63) is 106 Å². The van der Waals surface area contributed by atoms with Gasteiger partial charge in [-0.15, -0.1) is 0 Å². The van der Waals surface area contributed by atoms with E-state index in [-0.39, 0.29) is 34.8 Å². The van der Waals surface area contributed by atoms with Crippen LogP contribution in [0.4, 0.5) is 0 Å². The lowest BCUT2D eigenvalue weighted by Crippen LogP contribution is -2.66. The molecule has 2 heterocycles. The summed E-state index contributed by atoms with van der Waals surface area (Å²) in [6.45, 7) is 0. The summed E-state index contributed by atoms with van der Waals surface area (Å²) >= 11 is 0. The van der Waals surface area contributed by atoms with Crippen LogP contribution in [0.25, 0.3) is 16.7 Å². The van der Waals surface area contributed by atoms with Gasteiger partial charge in [0.05, 0.1) is 11.6 Å².